The van der Waals surface area contributed by atoms with Crippen LogP contribution >= 0.6 is 0 Å². The van der Waals surface area contributed by atoms with E-state index in [9.17, 15) is 0 Å². The number of rotatable bonds is 0. The van der Waals surface area contributed by atoms with Crippen LogP contribution in [0.5, 0.6) is 0 Å². The van der Waals surface area contributed by atoms with Crippen LogP contribution in [0, 0.1) is 0 Å². The van der Waals surface area contributed by atoms with Crippen molar-refractivity contribution in [3.8, 4) is 11.4 Å². The molecule has 8 bridgehead atoms. The molecule has 0 saturated heterocycles. The molecule has 4 aromatic rings. The fraction of sp³-hybridized carbons (Fsp3) is 0.182. The highest BCUT2D eigenvalue weighted by atomic mass is 15.3. The number of aromatic nitrogens is 4. The lowest BCUT2D eigenvalue weighted by molar-refractivity contribution is 0.637. The Bertz CT molecular complexity index is 1010. The first kappa shape index (κ1) is 15.1. The molecule has 5 rings (SSSR count). The molecule has 0 spiro atoms. The summed E-state index contributed by atoms with van der Waals surface area (Å²) in [5.74, 6) is 0. The standard InChI is InChI=1S/C22H20N4/c1-22(2)16-5-3-7-20(13-16)25-11-9-18(23-25)15-19-10-12-26(24-19)21-8-4-6-17(22)14-21/h3-14H,15H2,1-2H3. The molecule has 2 aromatic heterocycles. The lowest BCUT2D eigenvalue weighted by Gasteiger charge is -2.27. The minimum Gasteiger partial charge on any atom is -0.241 e. The van der Waals surface area contributed by atoms with E-state index < -0.39 is 0 Å². The Morgan fingerprint density at radius 2 is 1.23 bits per heavy atom. The Labute approximate surface area is 152 Å². The third-order valence-corrected chi connectivity index (χ3v) is 5.32. The van der Waals surface area contributed by atoms with Gasteiger partial charge in [0.2, 0.25) is 0 Å². The number of benzene rings is 2. The van der Waals surface area contributed by atoms with Crippen LogP contribution in [0.15, 0.2) is 73.1 Å². The molecule has 0 fully saturated rings. The predicted octanol–water partition coefficient (Wildman–Crippen LogP) is 4.29. The Balaban J connectivity index is 1.78. The van der Waals surface area contributed by atoms with Gasteiger partial charge in [-0.2, -0.15) is 10.2 Å². The van der Waals surface area contributed by atoms with E-state index in [1.807, 2.05) is 21.8 Å². The molecule has 128 valence electrons. The number of hydrogen-bond acceptors (Lipinski definition) is 2. The van der Waals surface area contributed by atoms with E-state index in [0.717, 1.165) is 29.2 Å². The van der Waals surface area contributed by atoms with E-state index in [0.29, 0.717) is 0 Å². The SMILES string of the molecule is CC1(C)c2cccc(c2)-n2ccc(n2)Cc2ccn(n2)-c2cccc1c2. The topological polar surface area (TPSA) is 35.6 Å². The van der Waals surface area contributed by atoms with Gasteiger partial charge in [-0.05, 0) is 47.5 Å². The quantitative estimate of drug-likeness (QED) is 0.479. The molecular formula is C22H20N4. The zero-order valence-electron chi connectivity index (χ0n) is 14.9. The highest BCUT2D eigenvalue weighted by molar-refractivity contribution is 5.47. The van der Waals surface area contributed by atoms with Gasteiger partial charge in [0.05, 0.1) is 22.8 Å². The maximum atomic E-state index is 4.75. The van der Waals surface area contributed by atoms with E-state index in [2.05, 4.69) is 74.5 Å². The van der Waals surface area contributed by atoms with Gasteiger partial charge in [-0.25, -0.2) is 9.36 Å². The van der Waals surface area contributed by atoms with Crippen LogP contribution in [-0.4, -0.2) is 19.6 Å². The van der Waals surface area contributed by atoms with Crippen molar-refractivity contribution in [1.82, 2.24) is 19.6 Å². The molecule has 0 radical (unpaired) electrons. The third kappa shape index (κ3) is 2.37. The Kier molecular flexibility index (Phi) is 3.16. The van der Waals surface area contributed by atoms with Crippen molar-refractivity contribution in [1.29, 1.82) is 0 Å². The first-order valence-corrected chi connectivity index (χ1v) is 8.90. The average molecular weight is 340 g/mol. The smallest absolute Gasteiger partial charge is 0.0689 e. The fourth-order valence-electron chi connectivity index (χ4n) is 3.63. The normalized spacial score (nSPS) is 14.7. The van der Waals surface area contributed by atoms with Crippen LogP contribution in [0.1, 0.15) is 36.4 Å². The fourth-order valence-corrected chi connectivity index (χ4v) is 3.63. The van der Waals surface area contributed by atoms with Gasteiger partial charge in [0.15, 0.2) is 0 Å². The van der Waals surface area contributed by atoms with Gasteiger partial charge in [0, 0.05) is 24.2 Å². The summed E-state index contributed by atoms with van der Waals surface area (Å²) in [6, 6.07) is 21.4. The Hall–Kier alpha value is -3.14. The van der Waals surface area contributed by atoms with Crippen LogP contribution in [0.3, 0.4) is 0 Å². The van der Waals surface area contributed by atoms with Crippen molar-refractivity contribution < 1.29 is 0 Å². The molecule has 0 unspecified atom stereocenters. The molecule has 2 aromatic carbocycles. The molecule has 0 atom stereocenters. The molecule has 26 heavy (non-hydrogen) atoms. The second-order valence-electron chi connectivity index (χ2n) is 7.41. The molecule has 4 nitrogen and oxygen atoms in total. The summed E-state index contributed by atoms with van der Waals surface area (Å²) >= 11 is 0. The Morgan fingerprint density at radius 3 is 1.73 bits per heavy atom. The summed E-state index contributed by atoms with van der Waals surface area (Å²) in [6.45, 7) is 4.53. The second-order valence-corrected chi connectivity index (χ2v) is 7.41. The summed E-state index contributed by atoms with van der Waals surface area (Å²) < 4.78 is 3.90. The van der Waals surface area contributed by atoms with Crippen LogP contribution in [0.4, 0.5) is 0 Å². The highest BCUT2D eigenvalue weighted by Gasteiger charge is 2.24. The molecular weight excluding hydrogens is 320 g/mol. The minimum atomic E-state index is -0.123. The maximum absolute atomic E-state index is 4.75. The van der Waals surface area contributed by atoms with Gasteiger partial charge in [-0.1, -0.05) is 38.1 Å². The van der Waals surface area contributed by atoms with Gasteiger partial charge in [0.1, 0.15) is 0 Å². The Morgan fingerprint density at radius 1 is 0.731 bits per heavy atom. The number of nitrogens with zero attached hydrogens (tertiary/aromatic N) is 4. The van der Waals surface area contributed by atoms with Gasteiger partial charge in [0.25, 0.3) is 0 Å². The molecule has 1 aliphatic rings. The van der Waals surface area contributed by atoms with E-state index >= 15 is 0 Å². The number of fused-ring (bicyclic) bond motifs is 10. The molecule has 3 heterocycles. The number of hydrogen-bond donors (Lipinski definition) is 0. The summed E-state index contributed by atoms with van der Waals surface area (Å²) in [4.78, 5) is 0. The molecule has 4 heteroatoms. The molecule has 0 amide bonds. The van der Waals surface area contributed by atoms with Crippen LogP contribution in [-0.2, 0) is 11.8 Å². The monoisotopic (exact) mass is 340 g/mol. The predicted molar refractivity (Wildman–Crippen MR) is 102 cm³/mol. The van der Waals surface area contributed by atoms with Crippen molar-refractivity contribution in [3.63, 3.8) is 0 Å². The highest BCUT2D eigenvalue weighted by Crippen LogP contribution is 2.33. The minimum absolute atomic E-state index is 0.123. The van der Waals surface area contributed by atoms with E-state index in [1.165, 1.54) is 11.1 Å². The average Bonchev–Trinajstić information content (AvgIpc) is 3.31. The zero-order valence-corrected chi connectivity index (χ0v) is 14.9. The van der Waals surface area contributed by atoms with Crippen molar-refractivity contribution in [2.24, 2.45) is 0 Å². The molecule has 1 aliphatic heterocycles. The van der Waals surface area contributed by atoms with Crippen LogP contribution in [0.25, 0.3) is 11.4 Å². The largest absolute Gasteiger partial charge is 0.241 e. The summed E-state index contributed by atoms with van der Waals surface area (Å²) in [7, 11) is 0. The summed E-state index contributed by atoms with van der Waals surface area (Å²) in [5.41, 5.74) is 6.62. The second kappa shape index (κ2) is 5.43. The molecule has 0 aliphatic carbocycles. The van der Waals surface area contributed by atoms with Crippen molar-refractivity contribution in [2.45, 2.75) is 25.7 Å². The van der Waals surface area contributed by atoms with Gasteiger partial charge in [-0.3, -0.25) is 0 Å². The first-order chi connectivity index (χ1) is 12.6. The lowest BCUT2D eigenvalue weighted by Crippen LogP contribution is -2.19. The van der Waals surface area contributed by atoms with Gasteiger partial charge in [-0.15, -0.1) is 0 Å². The summed E-state index contributed by atoms with van der Waals surface area (Å²) in [5, 5.41) is 9.50. The van der Waals surface area contributed by atoms with Crippen molar-refractivity contribution in [3.05, 3.63) is 95.6 Å². The van der Waals surface area contributed by atoms with Crippen LogP contribution in [0.2, 0.25) is 0 Å². The van der Waals surface area contributed by atoms with Crippen LogP contribution < -0.4 is 0 Å². The molecule has 0 N–H and O–H groups in total. The van der Waals surface area contributed by atoms with Crippen molar-refractivity contribution >= 4 is 0 Å². The summed E-state index contributed by atoms with van der Waals surface area (Å²) in [6.07, 6.45) is 4.78. The maximum Gasteiger partial charge on any atom is 0.0689 e. The van der Waals surface area contributed by atoms with Gasteiger partial charge < -0.3 is 0 Å². The van der Waals surface area contributed by atoms with E-state index in [4.69, 9.17) is 10.2 Å². The van der Waals surface area contributed by atoms with E-state index in [-0.39, 0.29) is 5.41 Å². The van der Waals surface area contributed by atoms with Crippen molar-refractivity contribution in [2.75, 3.05) is 0 Å². The zero-order chi connectivity index (χ0) is 17.7. The lowest BCUT2D eigenvalue weighted by atomic mass is 9.78. The van der Waals surface area contributed by atoms with Gasteiger partial charge >= 0.3 is 0 Å². The first-order valence-electron chi connectivity index (χ1n) is 8.90. The molecule has 0 saturated carbocycles. The third-order valence-electron chi connectivity index (χ3n) is 5.32. The van der Waals surface area contributed by atoms with E-state index in [1.54, 1.807) is 0 Å².